The summed E-state index contributed by atoms with van der Waals surface area (Å²) in [6.45, 7) is 6.39. The summed E-state index contributed by atoms with van der Waals surface area (Å²) in [5.41, 5.74) is 3.50. The zero-order valence-corrected chi connectivity index (χ0v) is 13.4. The molecule has 0 spiro atoms. The molecule has 2 rings (SSSR count). The van der Waals surface area contributed by atoms with Crippen LogP contribution in [-0.2, 0) is 6.54 Å². The summed E-state index contributed by atoms with van der Waals surface area (Å²) >= 11 is 0. The average Bonchev–Trinajstić information content (AvgIpc) is 2.92. The average molecular weight is 286 g/mol. The van der Waals surface area contributed by atoms with E-state index in [1.165, 1.54) is 11.1 Å². The molecule has 0 amide bonds. The number of aromatic nitrogens is 2. The minimum absolute atomic E-state index is 0.471. The number of H-pyrrole nitrogens is 1. The van der Waals surface area contributed by atoms with Gasteiger partial charge in [-0.3, -0.25) is 5.10 Å². The maximum Gasteiger partial charge on any atom is 0.0695 e. The molecule has 0 fully saturated rings. The Hall–Kier alpha value is -1.65. The van der Waals surface area contributed by atoms with Gasteiger partial charge in [-0.2, -0.15) is 5.10 Å². The molecule has 0 bridgehead atoms. The molecule has 2 N–H and O–H groups in total. The van der Waals surface area contributed by atoms with Crippen LogP contribution in [-0.4, -0.2) is 41.8 Å². The molecule has 1 aromatic carbocycles. The third-order valence-electron chi connectivity index (χ3n) is 3.70. The van der Waals surface area contributed by atoms with Gasteiger partial charge in [0.25, 0.3) is 0 Å². The van der Waals surface area contributed by atoms with Crippen LogP contribution < -0.4 is 5.32 Å². The molecule has 2 aromatic rings. The van der Waals surface area contributed by atoms with E-state index in [9.17, 15) is 0 Å². The highest BCUT2D eigenvalue weighted by atomic mass is 15.1. The molecule has 0 aliphatic rings. The van der Waals surface area contributed by atoms with E-state index in [4.69, 9.17) is 0 Å². The lowest BCUT2D eigenvalue weighted by Gasteiger charge is -2.25. The van der Waals surface area contributed by atoms with Gasteiger partial charge in [-0.05, 0) is 25.6 Å². The number of nitrogens with one attached hydrogen (secondary N) is 2. The van der Waals surface area contributed by atoms with Crippen LogP contribution in [0.2, 0.25) is 0 Å². The third kappa shape index (κ3) is 4.41. The Morgan fingerprint density at radius 1 is 1.19 bits per heavy atom. The van der Waals surface area contributed by atoms with Crippen molar-refractivity contribution >= 4 is 0 Å². The summed E-state index contributed by atoms with van der Waals surface area (Å²) in [5, 5.41) is 11.0. The molecule has 4 nitrogen and oxygen atoms in total. The van der Waals surface area contributed by atoms with Gasteiger partial charge in [-0.15, -0.1) is 0 Å². The van der Waals surface area contributed by atoms with Gasteiger partial charge >= 0.3 is 0 Å². The van der Waals surface area contributed by atoms with E-state index in [-0.39, 0.29) is 0 Å². The number of benzene rings is 1. The Labute approximate surface area is 127 Å². The zero-order valence-electron chi connectivity index (χ0n) is 13.4. The van der Waals surface area contributed by atoms with Crippen LogP contribution in [0.1, 0.15) is 19.4 Å². The Morgan fingerprint density at radius 2 is 1.90 bits per heavy atom. The Bertz CT molecular complexity index is 531. The highest BCUT2D eigenvalue weighted by molar-refractivity contribution is 5.62. The van der Waals surface area contributed by atoms with Crippen molar-refractivity contribution in [3.05, 3.63) is 42.1 Å². The molecular weight excluding hydrogens is 260 g/mol. The number of likely N-dealkylation sites (N-methyl/N-ethyl adjacent to an activating group) is 1. The second kappa shape index (κ2) is 7.38. The zero-order chi connectivity index (χ0) is 15.2. The van der Waals surface area contributed by atoms with Gasteiger partial charge in [0.1, 0.15) is 0 Å². The van der Waals surface area contributed by atoms with E-state index in [1.54, 1.807) is 0 Å². The smallest absolute Gasteiger partial charge is 0.0695 e. The first-order chi connectivity index (χ1) is 10.1. The van der Waals surface area contributed by atoms with Crippen molar-refractivity contribution in [3.63, 3.8) is 0 Å². The van der Waals surface area contributed by atoms with Gasteiger partial charge in [0.15, 0.2) is 0 Å². The Morgan fingerprint density at radius 3 is 2.52 bits per heavy atom. The first-order valence-corrected chi connectivity index (χ1v) is 7.53. The molecule has 0 aliphatic carbocycles. The van der Waals surface area contributed by atoms with Gasteiger partial charge in [0.05, 0.1) is 11.9 Å². The third-order valence-corrected chi connectivity index (χ3v) is 3.70. The molecule has 0 radical (unpaired) electrons. The summed E-state index contributed by atoms with van der Waals surface area (Å²) in [4.78, 5) is 2.23. The lowest BCUT2D eigenvalue weighted by molar-refractivity contribution is 0.288. The molecule has 1 heterocycles. The van der Waals surface area contributed by atoms with Crippen LogP contribution in [0.5, 0.6) is 0 Å². The molecule has 1 unspecified atom stereocenters. The summed E-state index contributed by atoms with van der Waals surface area (Å²) in [6.07, 6.45) is 1.92. The maximum atomic E-state index is 4.21. The van der Waals surface area contributed by atoms with E-state index >= 15 is 0 Å². The van der Waals surface area contributed by atoms with E-state index in [2.05, 4.69) is 72.6 Å². The monoisotopic (exact) mass is 286 g/mol. The van der Waals surface area contributed by atoms with E-state index in [0.717, 1.165) is 18.8 Å². The first kappa shape index (κ1) is 15.7. The molecule has 0 saturated carbocycles. The second-order valence-corrected chi connectivity index (χ2v) is 6.13. The number of nitrogens with zero attached hydrogens (tertiary/aromatic N) is 2. The van der Waals surface area contributed by atoms with Crippen molar-refractivity contribution in [1.29, 1.82) is 0 Å². The second-order valence-electron chi connectivity index (χ2n) is 6.13. The minimum Gasteiger partial charge on any atom is -0.308 e. The van der Waals surface area contributed by atoms with Crippen LogP contribution in [0.4, 0.5) is 0 Å². The van der Waals surface area contributed by atoms with Crippen LogP contribution in [0, 0.1) is 5.92 Å². The normalized spacial score (nSPS) is 13.0. The highest BCUT2D eigenvalue weighted by Crippen LogP contribution is 2.20. The molecular formula is C17H26N4. The van der Waals surface area contributed by atoms with Crippen LogP contribution >= 0.6 is 0 Å². The summed E-state index contributed by atoms with van der Waals surface area (Å²) in [7, 11) is 4.23. The molecule has 0 saturated heterocycles. The molecule has 4 heteroatoms. The molecule has 114 valence electrons. The summed E-state index contributed by atoms with van der Waals surface area (Å²) < 4.78 is 0. The summed E-state index contributed by atoms with van der Waals surface area (Å²) in [6, 6.07) is 10.8. The Kier molecular flexibility index (Phi) is 5.53. The number of rotatable bonds is 7. The summed E-state index contributed by atoms with van der Waals surface area (Å²) in [5.74, 6) is 0.597. The first-order valence-electron chi connectivity index (χ1n) is 7.53. The lowest BCUT2D eigenvalue weighted by Crippen LogP contribution is -2.41. The van der Waals surface area contributed by atoms with Gasteiger partial charge in [-0.25, -0.2) is 0 Å². The Balaban J connectivity index is 2.05. The largest absolute Gasteiger partial charge is 0.308 e. The predicted molar refractivity (Wildman–Crippen MR) is 88.0 cm³/mol. The van der Waals surface area contributed by atoms with E-state index in [0.29, 0.717) is 12.0 Å². The predicted octanol–water partition coefficient (Wildman–Crippen LogP) is 2.75. The fourth-order valence-corrected chi connectivity index (χ4v) is 2.45. The fraction of sp³-hybridized carbons (Fsp3) is 0.471. The van der Waals surface area contributed by atoms with Crippen LogP contribution in [0.3, 0.4) is 0 Å². The standard InChI is InChI=1S/C17H26N4/c1-13(2)16(12-21(3)4)18-10-15-11-19-20-17(15)14-8-6-5-7-9-14/h5-9,11,13,16,18H,10,12H2,1-4H3,(H,19,20). The number of hydrogen-bond acceptors (Lipinski definition) is 3. The van der Waals surface area contributed by atoms with Crippen LogP contribution in [0.15, 0.2) is 36.5 Å². The topological polar surface area (TPSA) is 44.0 Å². The van der Waals surface area contributed by atoms with E-state index < -0.39 is 0 Å². The van der Waals surface area contributed by atoms with Gasteiger partial charge in [-0.1, -0.05) is 44.2 Å². The molecule has 21 heavy (non-hydrogen) atoms. The van der Waals surface area contributed by atoms with Gasteiger partial charge in [0.2, 0.25) is 0 Å². The van der Waals surface area contributed by atoms with Crippen molar-refractivity contribution in [2.24, 2.45) is 5.92 Å². The van der Waals surface area contributed by atoms with Crippen molar-refractivity contribution in [2.75, 3.05) is 20.6 Å². The highest BCUT2D eigenvalue weighted by Gasteiger charge is 2.15. The van der Waals surface area contributed by atoms with Crippen molar-refractivity contribution in [1.82, 2.24) is 20.4 Å². The van der Waals surface area contributed by atoms with Gasteiger partial charge < -0.3 is 10.2 Å². The van der Waals surface area contributed by atoms with Crippen molar-refractivity contribution < 1.29 is 0 Å². The van der Waals surface area contributed by atoms with Crippen molar-refractivity contribution in [3.8, 4) is 11.3 Å². The fourth-order valence-electron chi connectivity index (χ4n) is 2.45. The quantitative estimate of drug-likeness (QED) is 0.822. The number of aromatic amines is 1. The van der Waals surface area contributed by atoms with Gasteiger partial charge in [0, 0.05) is 24.7 Å². The number of hydrogen-bond donors (Lipinski definition) is 2. The van der Waals surface area contributed by atoms with E-state index in [1.807, 2.05) is 12.3 Å². The molecule has 0 aliphatic heterocycles. The molecule has 1 atom stereocenters. The SMILES string of the molecule is CC(C)C(CN(C)C)NCc1cn[nH]c1-c1ccccc1. The van der Waals surface area contributed by atoms with Crippen LogP contribution in [0.25, 0.3) is 11.3 Å². The minimum atomic E-state index is 0.471. The van der Waals surface area contributed by atoms with Crippen molar-refractivity contribution in [2.45, 2.75) is 26.4 Å². The molecule has 1 aromatic heterocycles. The maximum absolute atomic E-state index is 4.21. The lowest BCUT2D eigenvalue weighted by atomic mass is 10.0.